The van der Waals surface area contributed by atoms with Crippen LogP contribution in [0.1, 0.15) is 39.5 Å². The summed E-state index contributed by atoms with van der Waals surface area (Å²) in [7, 11) is 1.51. The molecular weight excluding hydrogens is 206 g/mol. The van der Waals surface area contributed by atoms with Gasteiger partial charge in [0.2, 0.25) is 0 Å². The molecule has 0 heterocycles. The molecule has 0 spiro atoms. The molecule has 0 amide bonds. The van der Waals surface area contributed by atoms with E-state index in [4.69, 9.17) is 4.84 Å². The first-order valence-corrected chi connectivity index (χ1v) is 5.92. The first-order chi connectivity index (χ1) is 7.58. The van der Waals surface area contributed by atoms with E-state index in [0.29, 0.717) is 0 Å². The summed E-state index contributed by atoms with van der Waals surface area (Å²) in [6.07, 6.45) is 3.37. The third-order valence-corrected chi connectivity index (χ3v) is 3.65. The largest absolute Gasteiger partial charge is 0.385 e. The maximum absolute atomic E-state index is 10.5. The highest BCUT2D eigenvalue weighted by Crippen LogP contribution is 2.43. The maximum atomic E-state index is 10.5. The quantitative estimate of drug-likeness (QED) is 0.517. The summed E-state index contributed by atoms with van der Waals surface area (Å²) in [5.41, 5.74) is 2.59. The van der Waals surface area contributed by atoms with Crippen LogP contribution in [0.2, 0.25) is 0 Å². The molecule has 1 aliphatic carbocycles. The van der Waals surface area contributed by atoms with Crippen molar-refractivity contribution < 1.29 is 14.8 Å². The highest BCUT2D eigenvalue weighted by atomic mass is 16.9. The van der Waals surface area contributed by atoms with Crippen molar-refractivity contribution in [2.24, 2.45) is 5.92 Å². The second kappa shape index (κ2) is 5.77. The fourth-order valence-corrected chi connectivity index (χ4v) is 2.30. The Labute approximate surface area is 97.5 Å². The van der Waals surface area contributed by atoms with E-state index in [2.05, 4.69) is 17.1 Å². The lowest BCUT2D eigenvalue weighted by atomic mass is 9.66. The molecule has 0 aromatic carbocycles. The molecule has 0 radical (unpaired) electrons. The molecule has 1 unspecified atom stereocenters. The topological polar surface area (TPSA) is 50.7 Å². The van der Waals surface area contributed by atoms with Gasteiger partial charge in [0.25, 0.3) is 0 Å². The first kappa shape index (κ1) is 13.6. The Morgan fingerprint density at radius 1 is 1.50 bits per heavy atom. The summed E-state index contributed by atoms with van der Waals surface area (Å²) in [6, 6.07) is 0. The predicted octanol–water partition coefficient (Wildman–Crippen LogP) is 1.95. The lowest BCUT2D eigenvalue weighted by Crippen LogP contribution is -2.49. The van der Waals surface area contributed by atoms with Gasteiger partial charge in [-0.1, -0.05) is 26.1 Å². The van der Waals surface area contributed by atoms with Gasteiger partial charge in [0.05, 0.1) is 18.8 Å². The van der Waals surface area contributed by atoms with E-state index in [9.17, 15) is 5.11 Å². The van der Waals surface area contributed by atoms with Crippen LogP contribution in [-0.4, -0.2) is 23.9 Å². The summed E-state index contributed by atoms with van der Waals surface area (Å²) in [4.78, 5) is 9.81. The van der Waals surface area contributed by atoms with Crippen molar-refractivity contribution in [1.82, 2.24) is 5.64 Å². The molecule has 1 rings (SSSR count). The monoisotopic (exact) mass is 229 g/mol. The van der Waals surface area contributed by atoms with Crippen molar-refractivity contribution in [3.8, 4) is 0 Å². The smallest absolute Gasteiger partial charge is 0.0881 e. The van der Waals surface area contributed by atoms with Gasteiger partial charge in [0.15, 0.2) is 0 Å². The van der Waals surface area contributed by atoms with Crippen molar-refractivity contribution in [3.63, 3.8) is 0 Å². The van der Waals surface area contributed by atoms with Crippen LogP contribution in [0.3, 0.4) is 0 Å². The van der Waals surface area contributed by atoms with Gasteiger partial charge in [-0.05, 0) is 37.2 Å². The van der Waals surface area contributed by atoms with Crippen LogP contribution in [0, 0.1) is 5.92 Å². The van der Waals surface area contributed by atoms with Crippen LogP contribution in [0.5, 0.6) is 0 Å². The number of aliphatic hydroxyl groups is 1. The molecule has 4 heteroatoms. The summed E-state index contributed by atoms with van der Waals surface area (Å²) in [6.45, 7) is 8.01. The Hall–Kier alpha value is -0.420. The molecular formula is C12H23NO3. The highest BCUT2D eigenvalue weighted by Gasteiger charge is 2.45. The van der Waals surface area contributed by atoms with E-state index in [1.54, 1.807) is 0 Å². The van der Waals surface area contributed by atoms with E-state index in [1.807, 2.05) is 13.8 Å². The first-order valence-electron chi connectivity index (χ1n) is 5.92. The molecule has 16 heavy (non-hydrogen) atoms. The molecule has 4 nitrogen and oxygen atoms in total. The maximum Gasteiger partial charge on any atom is 0.0881 e. The fourth-order valence-electron chi connectivity index (χ4n) is 2.30. The van der Waals surface area contributed by atoms with Gasteiger partial charge in [0.1, 0.15) is 0 Å². The molecule has 94 valence electrons. The Balaban J connectivity index is 2.44. The minimum absolute atomic E-state index is 0.132. The minimum Gasteiger partial charge on any atom is -0.385 e. The van der Waals surface area contributed by atoms with Crippen molar-refractivity contribution in [1.29, 1.82) is 0 Å². The summed E-state index contributed by atoms with van der Waals surface area (Å²) >= 11 is 0. The van der Waals surface area contributed by atoms with Crippen LogP contribution in [0.25, 0.3) is 0 Å². The molecule has 0 aliphatic heterocycles. The molecule has 0 aromatic heterocycles. The zero-order valence-electron chi connectivity index (χ0n) is 10.5. The van der Waals surface area contributed by atoms with Crippen molar-refractivity contribution >= 4 is 0 Å². The molecule has 1 saturated carbocycles. The number of hydrogen-bond donors (Lipinski definition) is 2. The second-order valence-corrected chi connectivity index (χ2v) is 4.43. The van der Waals surface area contributed by atoms with Gasteiger partial charge < -0.3 is 5.11 Å². The summed E-state index contributed by atoms with van der Waals surface area (Å²) in [5.74, 6) is 0.258. The zero-order valence-corrected chi connectivity index (χ0v) is 10.5. The number of nitrogens with one attached hydrogen (secondary N) is 1. The number of hydrogen-bond acceptors (Lipinski definition) is 4. The average molecular weight is 229 g/mol. The third-order valence-electron chi connectivity index (χ3n) is 3.65. The lowest BCUT2D eigenvalue weighted by molar-refractivity contribution is -0.221. The van der Waals surface area contributed by atoms with Crippen LogP contribution in [-0.2, 0) is 9.68 Å². The Kier molecular flexibility index (Phi) is 4.92. The van der Waals surface area contributed by atoms with E-state index >= 15 is 0 Å². The van der Waals surface area contributed by atoms with Gasteiger partial charge in [-0.15, -0.1) is 0 Å². The SMILES string of the molecule is C=C(CC)C(O)(CC)C1CC(ONOC)C1. The van der Waals surface area contributed by atoms with E-state index in [-0.39, 0.29) is 12.0 Å². The van der Waals surface area contributed by atoms with Gasteiger partial charge in [0, 0.05) is 0 Å². The van der Waals surface area contributed by atoms with Gasteiger partial charge >= 0.3 is 0 Å². The van der Waals surface area contributed by atoms with Crippen molar-refractivity contribution in [2.75, 3.05) is 7.11 Å². The predicted molar refractivity (Wildman–Crippen MR) is 62.4 cm³/mol. The Morgan fingerprint density at radius 2 is 2.12 bits per heavy atom. The van der Waals surface area contributed by atoms with E-state index in [0.717, 1.165) is 31.3 Å². The molecule has 0 saturated heterocycles. The number of rotatable bonds is 7. The normalized spacial score (nSPS) is 28.2. The molecule has 0 bridgehead atoms. The molecule has 1 fully saturated rings. The third kappa shape index (κ3) is 2.63. The molecule has 0 aromatic rings. The lowest BCUT2D eigenvalue weighted by Gasteiger charge is -2.45. The van der Waals surface area contributed by atoms with Gasteiger partial charge in [-0.2, -0.15) is 0 Å². The zero-order chi connectivity index (χ0) is 12.2. The summed E-state index contributed by atoms with van der Waals surface area (Å²) in [5, 5.41) is 10.5. The van der Waals surface area contributed by atoms with Crippen LogP contribution >= 0.6 is 0 Å². The Bertz CT molecular complexity index is 238. The molecule has 1 atom stereocenters. The standard InChI is InChI=1S/C12H23NO3/c1-5-9(3)12(14,6-2)10-7-11(8-10)16-13-15-4/h10-11,13-14H,3,5-8H2,1-2,4H3. The second-order valence-electron chi connectivity index (χ2n) is 4.43. The van der Waals surface area contributed by atoms with E-state index < -0.39 is 5.60 Å². The van der Waals surface area contributed by atoms with Crippen molar-refractivity contribution in [2.45, 2.75) is 51.2 Å². The summed E-state index contributed by atoms with van der Waals surface area (Å²) < 4.78 is 0. The minimum atomic E-state index is -0.721. The van der Waals surface area contributed by atoms with Crippen LogP contribution < -0.4 is 5.64 Å². The van der Waals surface area contributed by atoms with Crippen LogP contribution in [0.15, 0.2) is 12.2 Å². The van der Waals surface area contributed by atoms with Crippen molar-refractivity contribution in [3.05, 3.63) is 12.2 Å². The fraction of sp³-hybridized carbons (Fsp3) is 0.833. The van der Waals surface area contributed by atoms with Gasteiger partial charge in [-0.3, -0.25) is 9.68 Å². The molecule has 2 N–H and O–H groups in total. The van der Waals surface area contributed by atoms with E-state index in [1.165, 1.54) is 7.11 Å². The Morgan fingerprint density at radius 3 is 2.56 bits per heavy atom. The highest BCUT2D eigenvalue weighted by molar-refractivity contribution is 5.16. The van der Waals surface area contributed by atoms with Gasteiger partial charge in [-0.25, -0.2) is 0 Å². The molecule has 1 aliphatic rings. The van der Waals surface area contributed by atoms with Crippen LogP contribution in [0.4, 0.5) is 0 Å². The average Bonchev–Trinajstić information content (AvgIpc) is 2.25.